The summed E-state index contributed by atoms with van der Waals surface area (Å²) in [5.41, 5.74) is 0.419. The number of carbonyl (C=O) groups is 1. The largest absolute Gasteiger partial charge is 0.377 e. The van der Waals surface area contributed by atoms with E-state index in [1.165, 1.54) is 18.2 Å². The van der Waals surface area contributed by atoms with Gasteiger partial charge in [-0.05, 0) is 31.0 Å². The van der Waals surface area contributed by atoms with Gasteiger partial charge in [0.2, 0.25) is 0 Å². The summed E-state index contributed by atoms with van der Waals surface area (Å²) in [6.07, 6.45) is 2.31. The quantitative estimate of drug-likeness (QED) is 0.786. The van der Waals surface area contributed by atoms with Gasteiger partial charge in [0.1, 0.15) is 5.82 Å². The van der Waals surface area contributed by atoms with Crippen molar-refractivity contribution in [3.05, 3.63) is 30.1 Å². The normalized spacial score (nSPS) is 17.9. The van der Waals surface area contributed by atoms with Crippen LogP contribution in [0.1, 0.15) is 12.8 Å². The molecule has 2 rings (SSSR count). The molecule has 0 aromatic heterocycles. The highest BCUT2D eigenvalue weighted by Crippen LogP contribution is 2.11. The van der Waals surface area contributed by atoms with E-state index in [-0.39, 0.29) is 18.0 Å². The van der Waals surface area contributed by atoms with Crippen molar-refractivity contribution < 1.29 is 18.7 Å². The summed E-state index contributed by atoms with van der Waals surface area (Å²) in [6.45, 7) is 2.19. The molecule has 0 bridgehead atoms. The van der Waals surface area contributed by atoms with Crippen molar-refractivity contribution in [1.29, 1.82) is 0 Å². The van der Waals surface area contributed by atoms with Crippen molar-refractivity contribution in [3.63, 3.8) is 0 Å². The van der Waals surface area contributed by atoms with Gasteiger partial charge in [-0.2, -0.15) is 0 Å². The summed E-state index contributed by atoms with van der Waals surface area (Å²) in [6, 6.07) is 5.36. The molecular weight excluding hydrogens is 263 g/mol. The van der Waals surface area contributed by atoms with Crippen molar-refractivity contribution >= 4 is 11.7 Å². The van der Waals surface area contributed by atoms with Crippen LogP contribution < -0.4 is 10.6 Å². The van der Waals surface area contributed by atoms with E-state index < -0.39 is 0 Å². The fourth-order valence-electron chi connectivity index (χ4n) is 1.97. The maximum atomic E-state index is 12.9. The number of ether oxygens (including phenoxy) is 2. The van der Waals surface area contributed by atoms with Crippen molar-refractivity contribution in [2.75, 3.05) is 31.7 Å². The lowest BCUT2D eigenvalue weighted by Crippen LogP contribution is -2.32. The van der Waals surface area contributed by atoms with Crippen LogP contribution in [0.4, 0.5) is 14.9 Å². The van der Waals surface area contributed by atoms with Crippen LogP contribution in [0.2, 0.25) is 0 Å². The van der Waals surface area contributed by atoms with E-state index in [1.807, 2.05) is 0 Å². The second kappa shape index (κ2) is 7.81. The zero-order valence-electron chi connectivity index (χ0n) is 11.2. The van der Waals surface area contributed by atoms with Crippen LogP contribution in [-0.2, 0) is 9.47 Å². The summed E-state index contributed by atoms with van der Waals surface area (Å²) in [4.78, 5) is 11.5. The molecule has 1 fully saturated rings. The molecule has 0 aliphatic carbocycles. The standard InChI is InChI=1S/C14H19FN2O3/c15-11-3-1-4-12(9-11)17-14(18)16-6-8-19-10-13-5-2-7-20-13/h1,3-4,9,13H,2,5-8,10H2,(H2,16,17,18). The van der Waals surface area contributed by atoms with Gasteiger partial charge < -0.3 is 20.1 Å². The number of amides is 2. The Morgan fingerprint density at radius 2 is 2.40 bits per heavy atom. The Morgan fingerprint density at radius 3 is 3.15 bits per heavy atom. The third-order valence-corrected chi connectivity index (χ3v) is 2.94. The molecule has 1 atom stereocenters. The zero-order valence-corrected chi connectivity index (χ0v) is 11.2. The van der Waals surface area contributed by atoms with Gasteiger partial charge in [-0.15, -0.1) is 0 Å². The molecule has 1 aliphatic rings. The predicted octanol–water partition coefficient (Wildman–Crippen LogP) is 2.14. The molecule has 1 saturated heterocycles. The number of urea groups is 1. The van der Waals surface area contributed by atoms with E-state index in [9.17, 15) is 9.18 Å². The maximum Gasteiger partial charge on any atom is 0.319 e. The highest BCUT2D eigenvalue weighted by Gasteiger charge is 2.14. The Bertz CT molecular complexity index is 436. The van der Waals surface area contributed by atoms with E-state index >= 15 is 0 Å². The molecule has 1 aromatic rings. The highest BCUT2D eigenvalue weighted by molar-refractivity contribution is 5.89. The van der Waals surface area contributed by atoms with Gasteiger partial charge in [-0.1, -0.05) is 6.07 Å². The number of anilines is 1. The molecule has 0 saturated carbocycles. The van der Waals surface area contributed by atoms with E-state index in [0.717, 1.165) is 19.4 Å². The number of hydrogen-bond acceptors (Lipinski definition) is 3. The molecule has 0 spiro atoms. The second-order valence-corrected chi connectivity index (χ2v) is 4.60. The molecule has 1 unspecified atom stereocenters. The Balaban J connectivity index is 1.55. The summed E-state index contributed by atoms with van der Waals surface area (Å²) < 4.78 is 23.7. The highest BCUT2D eigenvalue weighted by atomic mass is 19.1. The van der Waals surface area contributed by atoms with Crippen molar-refractivity contribution in [2.24, 2.45) is 0 Å². The first-order valence-electron chi connectivity index (χ1n) is 6.74. The molecule has 2 N–H and O–H groups in total. The molecule has 20 heavy (non-hydrogen) atoms. The summed E-state index contributed by atoms with van der Waals surface area (Å²) >= 11 is 0. The molecule has 110 valence electrons. The van der Waals surface area contributed by atoms with E-state index in [1.54, 1.807) is 6.07 Å². The first-order valence-corrected chi connectivity index (χ1v) is 6.74. The monoisotopic (exact) mass is 282 g/mol. The molecule has 6 heteroatoms. The van der Waals surface area contributed by atoms with Crippen molar-refractivity contribution in [1.82, 2.24) is 5.32 Å². The van der Waals surface area contributed by atoms with Crippen LogP contribution in [0.25, 0.3) is 0 Å². The second-order valence-electron chi connectivity index (χ2n) is 4.60. The van der Waals surface area contributed by atoms with Gasteiger partial charge in [-0.3, -0.25) is 0 Å². The minimum absolute atomic E-state index is 0.191. The number of benzene rings is 1. The van der Waals surface area contributed by atoms with Crippen molar-refractivity contribution in [3.8, 4) is 0 Å². The molecule has 1 aromatic carbocycles. The number of nitrogens with one attached hydrogen (secondary N) is 2. The minimum Gasteiger partial charge on any atom is -0.377 e. The molecule has 1 aliphatic heterocycles. The number of carbonyl (C=O) groups excluding carboxylic acids is 1. The first kappa shape index (κ1) is 14.7. The zero-order chi connectivity index (χ0) is 14.2. The fraction of sp³-hybridized carbons (Fsp3) is 0.500. The Morgan fingerprint density at radius 1 is 1.50 bits per heavy atom. The van der Waals surface area contributed by atoms with Gasteiger partial charge in [0, 0.05) is 18.8 Å². The molecular formula is C14H19FN2O3. The van der Waals surface area contributed by atoms with Crippen LogP contribution in [0.15, 0.2) is 24.3 Å². The Labute approximate surface area is 117 Å². The topological polar surface area (TPSA) is 59.6 Å². The number of hydrogen-bond donors (Lipinski definition) is 2. The lowest BCUT2D eigenvalue weighted by molar-refractivity contribution is 0.0189. The molecule has 1 heterocycles. The minimum atomic E-state index is -0.386. The van der Waals surface area contributed by atoms with Crippen LogP contribution in [0.5, 0.6) is 0 Å². The fourth-order valence-corrected chi connectivity index (χ4v) is 1.97. The lowest BCUT2D eigenvalue weighted by Gasteiger charge is -2.11. The number of rotatable bonds is 6. The van der Waals surface area contributed by atoms with E-state index in [4.69, 9.17) is 9.47 Å². The molecule has 0 radical (unpaired) electrons. The van der Waals surface area contributed by atoms with Gasteiger partial charge in [-0.25, -0.2) is 9.18 Å². The van der Waals surface area contributed by atoms with Crippen LogP contribution >= 0.6 is 0 Å². The van der Waals surface area contributed by atoms with Gasteiger partial charge in [0.25, 0.3) is 0 Å². The van der Waals surface area contributed by atoms with Gasteiger partial charge in [0.15, 0.2) is 0 Å². The smallest absolute Gasteiger partial charge is 0.319 e. The molecule has 2 amide bonds. The first-order chi connectivity index (χ1) is 9.74. The Hall–Kier alpha value is -1.66. The maximum absolute atomic E-state index is 12.9. The van der Waals surface area contributed by atoms with Crippen molar-refractivity contribution in [2.45, 2.75) is 18.9 Å². The van der Waals surface area contributed by atoms with Crippen LogP contribution in [0, 0.1) is 5.82 Å². The van der Waals surface area contributed by atoms with Crippen LogP contribution in [0.3, 0.4) is 0 Å². The average molecular weight is 282 g/mol. The van der Waals surface area contributed by atoms with E-state index in [2.05, 4.69) is 10.6 Å². The van der Waals surface area contributed by atoms with Gasteiger partial charge in [0.05, 0.1) is 19.3 Å². The van der Waals surface area contributed by atoms with Crippen LogP contribution in [-0.4, -0.2) is 38.5 Å². The Kier molecular flexibility index (Phi) is 5.76. The molecule has 5 nitrogen and oxygen atoms in total. The SMILES string of the molecule is O=C(NCCOCC1CCCO1)Nc1cccc(F)c1. The van der Waals surface area contributed by atoms with E-state index in [0.29, 0.717) is 25.4 Å². The van der Waals surface area contributed by atoms with Gasteiger partial charge >= 0.3 is 6.03 Å². The third kappa shape index (κ3) is 5.14. The predicted molar refractivity (Wildman–Crippen MR) is 73.2 cm³/mol. The third-order valence-electron chi connectivity index (χ3n) is 2.94. The average Bonchev–Trinajstić information content (AvgIpc) is 2.91. The summed E-state index contributed by atoms with van der Waals surface area (Å²) in [5, 5.41) is 5.18. The number of halogens is 1. The summed E-state index contributed by atoms with van der Waals surface area (Å²) in [7, 11) is 0. The summed E-state index contributed by atoms with van der Waals surface area (Å²) in [5.74, 6) is -0.386. The lowest BCUT2D eigenvalue weighted by atomic mass is 10.2.